The van der Waals surface area contributed by atoms with Crippen molar-refractivity contribution < 1.29 is 0 Å². The van der Waals surface area contributed by atoms with Gasteiger partial charge in [-0.1, -0.05) is 17.7 Å². The van der Waals surface area contributed by atoms with Gasteiger partial charge < -0.3 is 15.1 Å². The molecule has 2 aromatic rings. The van der Waals surface area contributed by atoms with Gasteiger partial charge in [0.05, 0.1) is 5.69 Å². The first-order valence-electron chi connectivity index (χ1n) is 9.36. The molecule has 28 heavy (non-hydrogen) atoms. The monoisotopic (exact) mass is 516 g/mol. The maximum atomic E-state index is 6.19. The topological polar surface area (TPSA) is 48.7 Å². The summed E-state index contributed by atoms with van der Waals surface area (Å²) in [4.78, 5) is 9.21. The Bertz CT molecular complexity index is 839. The van der Waals surface area contributed by atoms with Crippen LogP contribution in [0.5, 0.6) is 0 Å². The number of nitrogens with zero attached hydrogens (tertiary/aromatic N) is 5. The van der Waals surface area contributed by atoms with Crippen LogP contribution in [0.2, 0.25) is 5.02 Å². The van der Waals surface area contributed by atoms with Crippen molar-refractivity contribution in [1.82, 2.24) is 20.0 Å². The molecule has 1 aromatic carbocycles. The van der Waals surface area contributed by atoms with Gasteiger partial charge in [0.15, 0.2) is 5.96 Å². The van der Waals surface area contributed by atoms with Crippen molar-refractivity contribution in [2.45, 2.75) is 27.3 Å². The van der Waals surface area contributed by atoms with Crippen LogP contribution in [0.3, 0.4) is 0 Å². The molecule has 0 unspecified atom stereocenters. The smallest absolute Gasteiger partial charge is 0.194 e. The maximum absolute atomic E-state index is 6.19. The number of rotatable bonds is 3. The van der Waals surface area contributed by atoms with E-state index in [1.165, 1.54) is 22.5 Å². The van der Waals surface area contributed by atoms with Crippen molar-refractivity contribution in [3.8, 4) is 0 Å². The van der Waals surface area contributed by atoms with Crippen LogP contribution in [-0.2, 0) is 13.6 Å². The largest absolute Gasteiger partial charge is 0.368 e. The minimum absolute atomic E-state index is 0. The molecule has 1 N–H and O–H groups in total. The Morgan fingerprint density at radius 3 is 2.43 bits per heavy atom. The SMILES string of the molecule is CN=C(NCc1c(C)nn(C)c1C)N1CCN(c2cc(Cl)ccc2C)CC1.I. The molecule has 8 heteroatoms. The second-order valence-electron chi connectivity index (χ2n) is 7.08. The third kappa shape index (κ3) is 4.92. The number of guanidine groups is 1. The minimum atomic E-state index is 0. The molecule has 3 rings (SSSR count). The summed E-state index contributed by atoms with van der Waals surface area (Å²) < 4.78 is 1.93. The van der Waals surface area contributed by atoms with Crippen molar-refractivity contribution in [2.75, 3.05) is 38.1 Å². The first kappa shape index (κ1) is 22.8. The molecule has 0 aliphatic carbocycles. The van der Waals surface area contributed by atoms with Gasteiger partial charge in [0.1, 0.15) is 0 Å². The quantitative estimate of drug-likeness (QED) is 0.385. The summed E-state index contributed by atoms with van der Waals surface area (Å²) in [5.74, 6) is 0.945. The van der Waals surface area contributed by atoms with Gasteiger partial charge in [-0.15, -0.1) is 24.0 Å². The number of hydrogen-bond acceptors (Lipinski definition) is 3. The average molecular weight is 517 g/mol. The van der Waals surface area contributed by atoms with E-state index in [0.717, 1.165) is 49.4 Å². The standard InChI is InChI=1S/C20H29ClN6.HI/c1-14-6-7-17(21)12-19(14)26-8-10-27(11-9-26)20(22-4)23-13-18-15(2)24-25(5)16(18)3;/h6-7,12H,8-11,13H2,1-5H3,(H,22,23);1H. The number of aromatic nitrogens is 2. The Morgan fingerprint density at radius 2 is 1.86 bits per heavy atom. The van der Waals surface area contributed by atoms with Crippen LogP contribution in [0.25, 0.3) is 0 Å². The predicted molar refractivity (Wildman–Crippen MR) is 128 cm³/mol. The summed E-state index contributed by atoms with van der Waals surface area (Å²) in [7, 11) is 3.83. The Morgan fingerprint density at radius 1 is 1.18 bits per heavy atom. The fraction of sp³-hybridized carbons (Fsp3) is 0.500. The van der Waals surface area contributed by atoms with Crippen molar-refractivity contribution in [1.29, 1.82) is 0 Å². The second kappa shape index (κ2) is 9.82. The van der Waals surface area contributed by atoms with Crippen molar-refractivity contribution in [3.05, 3.63) is 45.7 Å². The lowest BCUT2D eigenvalue weighted by Gasteiger charge is -2.38. The number of halogens is 2. The lowest BCUT2D eigenvalue weighted by Crippen LogP contribution is -2.52. The number of benzene rings is 1. The third-order valence-electron chi connectivity index (χ3n) is 5.39. The van der Waals surface area contributed by atoms with Gasteiger partial charge in [0.2, 0.25) is 0 Å². The molecule has 0 bridgehead atoms. The van der Waals surface area contributed by atoms with E-state index in [-0.39, 0.29) is 24.0 Å². The molecule has 1 aliphatic heterocycles. The Kier molecular flexibility index (Phi) is 8.00. The fourth-order valence-corrected chi connectivity index (χ4v) is 3.82. The highest BCUT2D eigenvalue weighted by Crippen LogP contribution is 2.25. The Hall–Kier alpha value is -1.48. The van der Waals surface area contributed by atoms with E-state index >= 15 is 0 Å². The number of nitrogens with one attached hydrogen (secondary N) is 1. The fourth-order valence-electron chi connectivity index (χ4n) is 3.66. The van der Waals surface area contributed by atoms with E-state index in [1.54, 1.807) is 0 Å². The summed E-state index contributed by atoms with van der Waals surface area (Å²) in [6.45, 7) is 10.8. The van der Waals surface area contributed by atoms with Crippen molar-refractivity contribution in [2.24, 2.45) is 12.0 Å². The second-order valence-corrected chi connectivity index (χ2v) is 7.52. The maximum Gasteiger partial charge on any atom is 0.194 e. The number of aryl methyl sites for hydroxylation is 3. The predicted octanol–water partition coefficient (Wildman–Crippen LogP) is 3.51. The highest BCUT2D eigenvalue weighted by Gasteiger charge is 2.21. The van der Waals surface area contributed by atoms with E-state index in [0.29, 0.717) is 0 Å². The summed E-state index contributed by atoms with van der Waals surface area (Å²) in [5, 5.41) is 8.79. The van der Waals surface area contributed by atoms with Gasteiger partial charge >= 0.3 is 0 Å². The van der Waals surface area contributed by atoms with Crippen LogP contribution in [0.15, 0.2) is 23.2 Å². The highest BCUT2D eigenvalue weighted by atomic mass is 127. The molecule has 1 saturated heterocycles. The zero-order valence-electron chi connectivity index (χ0n) is 17.3. The van der Waals surface area contributed by atoms with E-state index in [9.17, 15) is 0 Å². The number of aliphatic imine (C=N–C) groups is 1. The lowest BCUT2D eigenvalue weighted by molar-refractivity contribution is 0.372. The summed E-state index contributed by atoms with van der Waals surface area (Å²) >= 11 is 6.19. The average Bonchev–Trinajstić information content (AvgIpc) is 2.90. The molecule has 6 nitrogen and oxygen atoms in total. The number of piperazine rings is 1. The molecular formula is C20H30ClIN6. The van der Waals surface area contributed by atoms with Crippen LogP contribution < -0.4 is 10.2 Å². The van der Waals surface area contributed by atoms with Crippen LogP contribution >= 0.6 is 35.6 Å². The van der Waals surface area contributed by atoms with Crippen molar-refractivity contribution >= 4 is 47.2 Å². The van der Waals surface area contributed by atoms with E-state index in [2.05, 4.69) is 58.1 Å². The molecule has 2 heterocycles. The summed E-state index contributed by atoms with van der Waals surface area (Å²) in [6, 6.07) is 6.10. The lowest BCUT2D eigenvalue weighted by atomic mass is 10.1. The van der Waals surface area contributed by atoms with Gasteiger partial charge in [0, 0.05) is 68.8 Å². The van der Waals surface area contributed by atoms with Gasteiger partial charge in [-0.05, 0) is 38.5 Å². The first-order valence-corrected chi connectivity index (χ1v) is 9.74. The molecule has 0 radical (unpaired) electrons. The molecule has 154 valence electrons. The summed E-state index contributed by atoms with van der Waals surface area (Å²) in [6.07, 6.45) is 0. The normalized spacial score (nSPS) is 14.9. The molecule has 1 aromatic heterocycles. The Labute approximate surface area is 190 Å². The molecule has 0 saturated carbocycles. The molecule has 1 aliphatic rings. The van der Waals surface area contributed by atoms with E-state index in [4.69, 9.17) is 11.6 Å². The molecule has 0 atom stereocenters. The van der Waals surface area contributed by atoms with Crippen LogP contribution in [0.4, 0.5) is 5.69 Å². The van der Waals surface area contributed by atoms with Gasteiger partial charge in [-0.3, -0.25) is 9.67 Å². The van der Waals surface area contributed by atoms with E-state index < -0.39 is 0 Å². The summed E-state index contributed by atoms with van der Waals surface area (Å²) in [5.41, 5.74) is 5.99. The zero-order valence-corrected chi connectivity index (χ0v) is 20.4. The zero-order chi connectivity index (χ0) is 19.6. The molecule has 0 spiro atoms. The van der Waals surface area contributed by atoms with Crippen LogP contribution in [0.1, 0.15) is 22.5 Å². The molecule has 0 amide bonds. The number of hydrogen-bond donors (Lipinski definition) is 1. The third-order valence-corrected chi connectivity index (χ3v) is 5.62. The van der Waals surface area contributed by atoms with Crippen LogP contribution in [-0.4, -0.2) is 53.9 Å². The van der Waals surface area contributed by atoms with Crippen LogP contribution in [0, 0.1) is 20.8 Å². The van der Waals surface area contributed by atoms with Crippen molar-refractivity contribution in [3.63, 3.8) is 0 Å². The van der Waals surface area contributed by atoms with E-state index in [1.807, 2.05) is 24.8 Å². The molecule has 1 fully saturated rings. The Balaban J connectivity index is 0.00000280. The first-order chi connectivity index (χ1) is 12.9. The van der Waals surface area contributed by atoms with Gasteiger partial charge in [-0.2, -0.15) is 5.10 Å². The minimum Gasteiger partial charge on any atom is -0.368 e. The molecular weight excluding hydrogens is 487 g/mol. The number of anilines is 1. The van der Waals surface area contributed by atoms with Gasteiger partial charge in [0.25, 0.3) is 0 Å². The van der Waals surface area contributed by atoms with Gasteiger partial charge in [-0.25, -0.2) is 0 Å². The highest BCUT2D eigenvalue weighted by molar-refractivity contribution is 14.0.